The zero-order chi connectivity index (χ0) is 12.4. The molecule has 2 heterocycles. The highest BCUT2D eigenvalue weighted by molar-refractivity contribution is 6.29. The monoisotopic (exact) mass is 254 g/mol. The molecule has 2 rings (SSSR count). The van der Waals surface area contributed by atoms with Gasteiger partial charge in [0.1, 0.15) is 5.15 Å². The van der Waals surface area contributed by atoms with Crippen molar-refractivity contribution in [3.05, 3.63) is 28.5 Å². The fraction of sp³-hybridized carbons (Fsp3) is 0.500. The van der Waals surface area contributed by atoms with Crippen LogP contribution in [-0.2, 0) is 0 Å². The fourth-order valence-electron chi connectivity index (χ4n) is 2.00. The lowest BCUT2D eigenvalue weighted by Crippen LogP contribution is -2.40. The third-order valence-electron chi connectivity index (χ3n) is 2.92. The Labute approximate surface area is 105 Å². The van der Waals surface area contributed by atoms with Crippen LogP contribution in [0.2, 0.25) is 5.15 Å². The van der Waals surface area contributed by atoms with Crippen LogP contribution in [0.5, 0.6) is 0 Å². The second-order valence-corrected chi connectivity index (χ2v) is 4.73. The van der Waals surface area contributed by atoms with Gasteiger partial charge in [-0.3, -0.25) is 4.79 Å². The minimum absolute atomic E-state index is 0.0377. The summed E-state index contributed by atoms with van der Waals surface area (Å²) in [6.45, 7) is 3.00. The first-order chi connectivity index (χ1) is 8.06. The van der Waals surface area contributed by atoms with Crippen molar-refractivity contribution in [2.45, 2.75) is 25.9 Å². The van der Waals surface area contributed by atoms with Crippen molar-refractivity contribution in [3.63, 3.8) is 0 Å². The summed E-state index contributed by atoms with van der Waals surface area (Å²) in [5.41, 5.74) is 1.30. The van der Waals surface area contributed by atoms with Crippen molar-refractivity contribution >= 4 is 17.5 Å². The van der Waals surface area contributed by atoms with Crippen LogP contribution in [0, 0.1) is 6.92 Å². The molecule has 1 aliphatic rings. The number of pyridine rings is 1. The summed E-state index contributed by atoms with van der Waals surface area (Å²) >= 11 is 5.83. The van der Waals surface area contributed by atoms with Gasteiger partial charge in [-0.15, -0.1) is 0 Å². The van der Waals surface area contributed by atoms with E-state index in [4.69, 9.17) is 11.6 Å². The number of aromatic nitrogens is 1. The Morgan fingerprint density at radius 2 is 2.12 bits per heavy atom. The van der Waals surface area contributed by atoms with E-state index < -0.39 is 0 Å². The van der Waals surface area contributed by atoms with E-state index in [2.05, 4.69) is 4.98 Å². The van der Waals surface area contributed by atoms with E-state index in [0.717, 1.165) is 5.69 Å². The van der Waals surface area contributed by atoms with Gasteiger partial charge in [0.2, 0.25) is 0 Å². The average Bonchev–Trinajstić information content (AvgIpc) is 2.28. The molecule has 0 aromatic carbocycles. The summed E-state index contributed by atoms with van der Waals surface area (Å²) in [7, 11) is 0. The van der Waals surface area contributed by atoms with Crippen LogP contribution < -0.4 is 0 Å². The third kappa shape index (κ3) is 2.96. The van der Waals surface area contributed by atoms with Gasteiger partial charge in [-0.25, -0.2) is 4.98 Å². The summed E-state index contributed by atoms with van der Waals surface area (Å²) in [6.07, 6.45) is 1.01. The molecular formula is C12H15ClN2O2. The predicted octanol–water partition coefficient (Wildman–Crippen LogP) is 1.64. The largest absolute Gasteiger partial charge is 0.393 e. The van der Waals surface area contributed by atoms with Crippen LogP contribution in [0.15, 0.2) is 12.1 Å². The van der Waals surface area contributed by atoms with Crippen LogP contribution >= 0.6 is 11.6 Å². The number of halogens is 1. The zero-order valence-electron chi connectivity index (χ0n) is 9.69. The van der Waals surface area contributed by atoms with Gasteiger partial charge >= 0.3 is 0 Å². The van der Waals surface area contributed by atoms with Gasteiger partial charge in [0.15, 0.2) is 0 Å². The Morgan fingerprint density at radius 3 is 2.71 bits per heavy atom. The molecule has 0 bridgehead atoms. The molecular weight excluding hydrogens is 240 g/mol. The van der Waals surface area contributed by atoms with Crippen LogP contribution in [-0.4, -0.2) is 40.1 Å². The molecule has 5 heteroatoms. The highest BCUT2D eigenvalue weighted by atomic mass is 35.5. The topological polar surface area (TPSA) is 53.4 Å². The maximum absolute atomic E-state index is 12.2. The SMILES string of the molecule is Cc1cc(C(=O)N2CCC(O)CC2)cc(Cl)n1. The highest BCUT2D eigenvalue weighted by Gasteiger charge is 2.22. The van der Waals surface area contributed by atoms with Crippen molar-refractivity contribution < 1.29 is 9.90 Å². The highest BCUT2D eigenvalue weighted by Crippen LogP contribution is 2.16. The number of aliphatic hydroxyl groups is 1. The quantitative estimate of drug-likeness (QED) is 0.776. The van der Waals surface area contributed by atoms with E-state index in [1.165, 1.54) is 0 Å². The minimum atomic E-state index is -0.276. The zero-order valence-corrected chi connectivity index (χ0v) is 10.4. The third-order valence-corrected chi connectivity index (χ3v) is 3.11. The van der Waals surface area contributed by atoms with E-state index in [1.807, 2.05) is 6.92 Å². The van der Waals surface area contributed by atoms with Crippen molar-refractivity contribution in [2.24, 2.45) is 0 Å². The number of likely N-dealkylation sites (tertiary alicyclic amines) is 1. The number of nitrogens with zero attached hydrogens (tertiary/aromatic N) is 2. The van der Waals surface area contributed by atoms with E-state index in [1.54, 1.807) is 17.0 Å². The maximum Gasteiger partial charge on any atom is 0.254 e. The van der Waals surface area contributed by atoms with Crippen LogP contribution in [0.1, 0.15) is 28.9 Å². The van der Waals surface area contributed by atoms with Crippen molar-refractivity contribution in [1.82, 2.24) is 9.88 Å². The molecule has 1 aromatic rings. The van der Waals surface area contributed by atoms with Gasteiger partial charge in [-0.1, -0.05) is 11.6 Å². The lowest BCUT2D eigenvalue weighted by atomic mass is 10.1. The number of piperidine rings is 1. The molecule has 17 heavy (non-hydrogen) atoms. The van der Waals surface area contributed by atoms with Gasteiger partial charge in [-0.2, -0.15) is 0 Å². The molecule has 0 aliphatic carbocycles. The fourth-order valence-corrected chi connectivity index (χ4v) is 2.25. The second-order valence-electron chi connectivity index (χ2n) is 4.34. The Balaban J connectivity index is 2.14. The molecule has 1 saturated heterocycles. The lowest BCUT2D eigenvalue weighted by Gasteiger charge is -2.29. The minimum Gasteiger partial charge on any atom is -0.393 e. The Hall–Kier alpha value is -1.13. The Morgan fingerprint density at radius 1 is 1.47 bits per heavy atom. The first kappa shape index (κ1) is 12.3. The van der Waals surface area contributed by atoms with Gasteiger partial charge in [0, 0.05) is 24.3 Å². The van der Waals surface area contributed by atoms with Gasteiger partial charge in [-0.05, 0) is 31.9 Å². The summed E-state index contributed by atoms with van der Waals surface area (Å²) in [4.78, 5) is 17.9. The normalized spacial score (nSPS) is 17.2. The predicted molar refractivity (Wildman–Crippen MR) is 65.1 cm³/mol. The number of carbonyl (C=O) groups is 1. The van der Waals surface area contributed by atoms with Crippen molar-refractivity contribution in [2.75, 3.05) is 13.1 Å². The number of carbonyl (C=O) groups excluding carboxylic acids is 1. The number of rotatable bonds is 1. The van der Waals surface area contributed by atoms with Gasteiger partial charge < -0.3 is 10.0 Å². The number of aryl methyl sites for hydroxylation is 1. The summed E-state index contributed by atoms with van der Waals surface area (Å²) in [5.74, 6) is -0.0377. The molecule has 0 unspecified atom stereocenters. The first-order valence-electron chi connectivity index (χ1n) is 5.68. The molecule has 1 fully saturated rings. The molecule has 0 radical (unpaired) electrons. The molecule has 92 valence electrons. The smallest absolute Gasteiger partial charge is 0.254 e. The van der Waals surface area contributed by atoms with Crippen LogP contribution in [0.25, 0.3) is 0 Å². The van der Waals surface area contributed by atoms with E-state index in [9.17, 15) is 9.90 Å². The van der Waals surface area contributed by atoms with Crippen molar-refractivity contribution in [1.29, 1.82) is 0 Å². The average molecular weight is 255 g/mol. The van der Waals surface area contributed by atoms with Crippen molar-refractivity contribution in [3.8, 4) is 0 Å². The van der Waals surface area contributed by atoms with E-state index in [-0.39, 0.29) is 12.0 Å². The molecule has 1 aliphatic heterocycles. The Bertz CT molecular complexity index is 408. The van der Waals surface area contributed by atoms with Crippen LogP contribution in [0.4, 0.5) is 0 Å². The number of amides is 1. The summed E-state index contributed by atoms with van der Waals surface area (Å²) < 4.78 is 0. The molecule has 4 nitrogen and oxygen atoms in total. The molecule has 0 atom stereocenters. The molecule has 0 spiro atoms. The maximum atomic E-state index is 12.2. The number of aliphatic hydroxyl groups excluding tert-OH is 1. The summed E-state index contributed by atoms with van der Waals surface area (Å²) in [6, 6.07) is 3.32. The molecule has 0 saturated carbocycles. The Kier molecular flexibility index (Phi) is 3.64. The lowest BCUT2D eigenvalue weighted by molar-refractivity contribution is 0.0546. The van der Waals surface area contributed by atoms with E-state index in [0.29, 0.717) is 36.6 Å². The second kappa shape index (κ2) is 5.02. The molecule has 1 amide bonds. The van der Waals surface area contributed by atoms with Crippen LogP contribution in [0.3, 0.4) is 0 Å². The van der Waals surface area contributed by atoms with Gasteiger partial charge in [0.25, 0.3) is 5.91 Å². The summed E-state index contributed by atoms with van der Waals surface area (Å²) in [5, 5.41) is 9.74. The van der Waals surface area contributed by atoms with E-state index >= 15 is 0 Å². The standard InChI is InChI=1S/C12H15ClN2O2/c1-8-6-9(7-11(13)14-8)12(17)15-4-2-10(16)3-5-15/h6-7,10,16H,2-5H2,1H3. The molecule has 1 N–H and O–H groups in total. The molecule has 1 aromatic heterocycles. The number of hydrogen-bond acceptors (Lipinski definition) is 3. The van der Waals surface area contributed by atoms with Gasteiger partial charge in [0.05, 0.1) is 6.10 Å². The number of hydrogen-bond donors (Lipinski definition) is 1. The first-order valence-corrected chi connectivity index (χ1v) is 6.05.